The second-order valence-corrected chi connectivity index (χ2v) is 13.7. The summed E-state index contributed by atoms with van der Waals surface area (Å²) in [7, 11) is 1.56. The molecule has 3 fully saturated rings. The molecule has 3 saturated carbocycles. The van der Waals surface area contributed by atoms with Crippen molar-refractivity contribution in [2.45, 2.75) is 87.9 Å². The van der Waals surface area contributed by atoms with Crippen molar-refractivity contribution in [3.63, 3.8) is 0 Å². The number of carboxylic acids is 2. The third-order valence-corrected chi connectivity index (χ3v) is 10.4. The lowest BCUT2D eigenvalue weighted by Crippen LogP contribution is -2.62. The quantitative estimate of drug-likeness (QED) is 0.114. The van der Waals surface area contributed by atoms with Crippen LogP contribution in [0, 0.1) is 17.4 Å². The first-order valence-corrected chi connectivity index (χ1v) is 16.7. The predicted octanol–water partition coefficient (Wildman–Crippen LogP) is 5.73. The Morgan fingerprint density at radius 2 is 1.52 bits per heavy atom. The summed E-state index contributed by atoms with van der Waals surface area (Å²) in [5.74, 6) is -4.32. The molecule has 2 bridgehead atoms. The molecule has 268 valence electrons. The first kappa shape index (κ1) is 38.2. The molecular weight excluding hydrogens is 642 g/mol. The summed E-state index contributed by atoms with van der Waals surface area (Å²) in [4.78, 5) is 43.3. The summed E-state index contributed by atoms with van der Waals surface area (Å²) >= 11 is 0. The van der Waals surface area contributed by atoms with E-state index in [1.807, 2.05) is 54.6 Å². The molecule has 0 aliphatic heterocycles. The van der Waals surface area contributed by atoms with Crippen LogP contribution in [-0.2, 0) is 25.8 Å². The molecule has 0 amide bonds. The number of hydrogen-bond acceptors (Lipinski definition) is 9. The lowest BCUT2D eigenvalue weighted by molar-refractivity contribution is -0.238. The zero-order valence-electron chi connectivity index (χ0n) is 28.6. The summed E-state index contributed by atoms with van der Waals surface area (Å²) in [5.41, 5.74) is 8.76. The Balaban J connectivity index is 0.00000562. The number of ether oxygens (including phenoxy) is 1. The normalized spacial score (nSPS) is 22.4. The molecule has 3 atom stereocenters. The Hall–Kier alpha value is -4.65. The van der Waals surface area contributed by atoms with E-state index < -0.39 is 47.9 Å². The predicted molar refractivity (Wildman–Crippen MR) is 184 cm³/mol. The number of hydroxylamine groups is 2. The van der Waals surface area contributed by atoms with Gasteiger partial charge in [0.2, 0.25) is 0 Å². The molecule has 0 saturated heterocycles. The van der Waals surface area contributed by atoms with Gasteiger partial charge >= 0.3 is 17.9 Å². The van der Waals surface area contributed by atoms with Crippen LogP contribution in [0.5, 0.6) is 5.75 Å². The SMILES string of the molecule is COc1ccc(C(C)C)cc1CN(OC(=O)CC(O)(CC(=O)O)C(=O)O)C1C2CCC(N=N)(CC2)C1C(c1ccccc1)c1ccccc1.O. The van der Waals surface area contributed by atoms with Crippen LogP contribution in [0.2, 0.25) is 0 Å². The van der Waals surface area contributed by atoms with Gasteiger partial charge in [0.15, 0.2) is 5.60 Å². The number of nitrogens with zero attached hydrogens (tertiary/aromatic N) is 2. The molecule has 12 nitrogen and oxygen atoms in total. The van der Waals surface area contributed by atoms with E-state index in [2.05, 4.69) is 43.2 Å². The number of aliphatic carboxylic acids is 2. The minimum atomic E-state index is -2.87. The van der Waals surface area contributed by atoms with E-state index in [4.69, 9.17) is 15.1 Å². The Bertz CT molecular complexity index is 1600. The molecule has 3 unspecified atom stereocenters. The third kappa shape index (κ3) is 7.88. The van der Waals surface area contributed by atoms with Gasteiger partial charge in [0, 0.05) is 17.4 Å². The topological polar surface area (TPSA) is 201 Å². The molecule has 3 aliphatic carbocycles. The molecule has 0 aromatic heterocycles. The number of methoxy groups -OCH3 is 1. The van der Waals surface area contributed by atoms with Crippen molar-refractivity contribution >= 4 is 17.9 Å². The molecule has 0 radical (unpaired) electrons. The molecule has 50 heavy (non-hydrogen) atoms. The van der Waals surface area contributed by atoms with E-state index in [1.54, 1.807) is 12.2 Å². The van der Waals surface area contributed by atoms with Gasteiger partial charge in [-0.05, 0) is 60.3 Å². The summed E-state index contributed by atoms with van der Waals surface area (Å²) in [6.45, 7) is 4.19. The fourth-order valence-electron chi connectivity index (χ4n) is 7.98. The van der Waals surface area contributed by atoms with Crippen LogP contribution < -0.4 is 4.74 Å². The van der Waals surface area contributed by atoms with Crippen LogP contribution in [0.3, 0.4) is 0 Å². The van der Waals surface area contributed by atoms with Crippen molar-refractivity contribution in [2.24, 2.45) is 17.0 Å². The van der Waals surface area contributed by atoms with Gasteiger partial charge < -0.3 is 30.4 Å². The highest BCUT2D eigenvalue weighted by atomic mass is 16.7. The zero-order chi connectivity index (χ0) is 35.3. The smallest absolute Gasteiger partial charge is 0.336 e. The second-order valence-electron chi connectivity index (χ2n) is 13.7. The van der Waals surface area contributed by atoms with E-state index in [0.29, 0.717) is 18.6 Å². The number of fused-ring (bicyclic) bond motifs is 3. The van der Waals surface area contributed by atoms with Gasteiger partial charge in [0.05, 0.1) is 38.1 Å². The summed E-state index contributed by atoms with van der Waals surface area (Å²) in [6, 6.07) is 25.4. The summed E-state index contributed by atoms with van der Waals surface area (Å²) in [5, 5.41) is 35.8. The van der Waals surface area contributed by atoms with Gasteiger partial charge in [0.1, 0.15) is 5.75 Å². The van der Waals surface area contributed by atoms with Gasteiger partial charge in [0.25, 0.3) is 0 Å². The molecule has 3 aromatic carbocycles. The van der Waals surface area contributed by atoms with Gasteiger partial charge in [-0.25, -0.2) is 10.3 Å². The van der Waals surface area contributed by atoms with Crippen molar-refractivity contribution in [1.29, 1.82) is 5.53 Å². The summed E-state index contributed by atoms with van der Waals surface area (Å²) in [6.07, 6.45) is 0.574. The van der Waals surface area contributed by atoms with Gasteiger partial charge in [-0.15, -0.1) is 5.06 Å². The van der Waals surface area contributed by atoms with Crippen molar-refractivity contribution in [3.05, 3.63) is 101 Å². The molecule has 0 spiro atoms. The molecule has 0 heterocycles. The lowest BCUT2D eigenvalue weighted by atomic mass is 9.52. The van der Waals surface area contributed by atoms with Crippen LogP contribution >= 0.6 is 0 Å². The van der Waals surface area contributed by atoms with E-state index in [0.717, 1.165) is 35.1 Å². The summed E-state index contributed by atoms with van der Waals surface area (Å²) < 4.78 is 5.75. The molecule has 6 N–H and O–H groups in total. The number of nitrogens with one attached hydrogen (secondary N) is 1. The maximum atomic E-state index is 13.7. The van der Waals surface area contributed by atoms with E-state index >= 15 is 0 Å². The Labute approximate surface area is 291 Å². The average molecular weight is 690 g/mol. The molecule has 3 aliphatic rings. The van der Waals surface area contributed by atoms with Crippen molar-refractivity contribution in [2.75, 3.05) is 7.11 Å². The van der Waals surface area contributed by atoms with Crippen LogP contribution in [0.15, 0.2) is 84.0 Å². The molecule has 12 heteroatoms. The molecule has 6 rings (SSSR count). The lowest BCUT2D eigenvalue weighted by Gasteiger charge is -2.58. The highest BCUT2D eigenvalue weighted by molar-refractivity contribution is 5.88. The fourth-order valence-corrected chi connectivity index (χ4v) is 7.98. The highest BCUT2D eigenvalue weighted by Gasteiger charge is 2.59. The Morgan fingerprint density at radius 3 is 2.00 bits per heavy atom. The van der Waals surface area contributed by atoms with Gasteiger partial charge in [-0.3, -0.25) is 9.59 Å². The second kappa shape index (κ2) is 15.9. The van der Waals surface area contributed by atoms with E-state index in [9.17, 15) is 29.7 Å². The number of aliphatic hydroxyl groups is 1. The maximum Gasteiger partial charge on any atom is 0.336 e. The number of hydrogen-bond donors (Lipinski definition) is 4. The molecular formula is C38H47N3O9. The standard InChI is InChI=1S/C38H45N3O8.H2O/c1-24(2)28-14-15-30(48-3)29(20-28)23-41(49-32(44)22-38(47,36(45)46)21-31(42)43)35-27-16-18-37(40-39,19-17-27)34(35)33(25-10-6-4-7-11-25)26-12-8-5-9-13-26;/h4-15,20,24,27,33-35,39,47H,16-19,21-23H2,1-3H3,(H,42,43)(H,45,46);1H2. The number of carbonyl (C=O) groups excluding carboxylic acids is 1. The first-order chi connectivity index (χ1) is 23.4. The number of benzene rings is 3. The number of rotatable bonds is 15. The fraction of sp³-hybridized carbons (Fsp3) is 0.447. The van der Waals surface area contributed by atoms with Crippen molar-refractivity contribution in [3.8, 4) is 5.75 Å². The van der Waals surface area contributed by atoms with E-state index in [1.165, 1.54) is 0 Å². The van der Waals surface area contributed by atoms with Crippen LogP contribution in [0.1, 0.15) is 86.5 Å². The largest absolute Gasteiger partial charge is 0.496 e. The van der Waals surface area contributed by atoms with Crippen molar-refractivity contribution in [1.82, 2.24) is 5.06 Å². The average Bonchev–Trinajstić information content (AvgIpc) is 3.09. The van der Waals surface area contributed by atoms with E-state index in [-0.39, 0.29) is 35.7 Å². The maximum absolute atomic E-state index is 13.7. The minimum Gasteiger partial charge on any atom is -0.496 e. The zero-order valence-corrected chi connectivity index (χ0v) is 28.6. The van der Waals surface area contributed by atoms with Crippen LogP contribution in [-0.4, -0.2) is 68.1 Å². The third-order valence-electron chi connectivity index (χ3n) is 10.4. The van der Waals surface area contributed by atoms with Crippen molar-refractivity contribution < 1.29 is 44.8 Å². The van der Waals surface area contributed by atoms with Crippen LogP contribution in [0.4, 0.5) is 0 Å². The Kier molecular flexibility index (Phi) is 12.2. The Morgan fingerprint density at radius 1 is 0.940 bits per heavy atom. The monoisotopic (exact) mass is 689 g/mol. The highest BCUT2D eigenvalue weighted by Crippen LogP contribution is 2.58. The van der Waals surface area contributed by atoms with Gasteiger partial charge in [-0.2, -0.15) is 5.11 Å². The number of carbonyl (C=O) groups is 3. The van der Waals surface area contributed by atoms with Crippen LogP contribution in [0.25, 0.3) is 0 Å². The first-order valence-electron chi connectivity index (χ1n) is 16.7. The number of carboxylic acid groups (broad SMARTS) is 2. The minimum absolute atomic E-state index is 0. The van der Waals surface area contributed by atoms with Gasteiger partial charge in [-0.1, -0.05) is 86.6 Å². The molecule has 3 aromatic rings.